The van der Waals surface area contributed by atoms with Crippen LogP contribution in [0.3, 0.4) is 0 Å². The van der Waals surface area contributed by atoms with E-state index in [1.165, 1.54) is 6.92 Å². The van der Waals surface area contributed by atoms with Crippen LogP contribution in [0.15, 0.2) is 0 Å². The molecule has 1 aliphatic heterocycles. The Morgan fingerprint density at radius 1 is 1.62 bits per heavy atom. The van der Waals surface area contributed by atoms with Gasteiger partial charge in [0, 0.05) is 13.1 Å². The predicted octanol–water partition coefficient (Wildman–Crippen LogP) is -0.906. The lowest BCUT2D eigenvalue weighted by Crippen LogP contribution is -2.48. The number of nitrogens with one attached hydrogen (secondary N) is 1. The summed E-state index contributed by atoms with van der Waals surface area (Å²) < 4.78 is 22.8. The van der Waals surface area contributed by atoms with E-state index in [0.717, 1.165) is 0 Å². The molecule has 1 saturated heterocycles. The average Bonchev–Trinajstić information content (AvgIpc) is 2.02. The van der Waals surface area contributed by atoms with Gasteiger partial charge in [0.1, 0.15) is 0 Å². The molecule has 1 fully saturated rings. The molecule has 0 spiro atoms. The summed E-state index contributed by atoms with van der Waals surface area (Å²) in [7, 11) is -3.21. The van der Waals surface area contributed by atoms with Gasteiger partial charge in [-0.05, 0) is 0 Å². The van der Waals surface area contributed by atoms with E-state index in [0.29, 0.717) is 6.54 Å². The van der Waals surface area contributed by atoms with Crippen LogP contribution in [0.2, 0.25) is 0 Å². The molecule has 5 nitrogen and oxygen atoms in total. The minimum atomic E-state index is -3.21. The van der Waals surface area contributed by atoms with Gasteiger partial charge < -0.3 is 10.4 Å². The summed E-state index contributed by atoms with van der Waals surface area (Å²) in [6, 6.07) is 0. The maximum absolute atomic E-state index is 11.4. The number of rotatable bonds is 2. The maximum atomic E-state index is 11.4. The molecule has 13 heavy (non-hydrogen) atoms. The number of hydrogen-bond donors (Lipinski definition) is 2. The summed E-state index contributed by atoms with van der Waals surface area (Å²) in [5, 5.41) is 10.8. The normalized spacial score (nSPS) is 29.5. The molecule has 1 rings (SSSR count). The Morgan fingerprint density at radius 3 is 2.69 bits per heavy atom. The Bertz CT molecular complexity index is 298. The molecule has 6 heteroatoms. The average molecular weight is 207 g/mol. The Hall–Kier alpha value is -0.620. The SMILES string of the molecule is CC(C(=O)O)C1CNCCS1(=O)=O. The first kappa shape index (κ1) is 10.5. The number of carboxylic acid groups (broad SMARTS) is 1. The van der Waals surface area contributed by atoms with E-state index in [1.807, 2.05) is 0 Å². The van der Waals surface area contributed by atoms with Crippen molar-refractivity contribution in [3.05, 3.63) is 0 Å². The molecule has 0 aliphatic carbocycles. The van der Waals surface area contributed by atoms with Crippen LogP contribution in [-0.2, 0) is 14.6 Å². The fourth-order valence-corrected chi connectivity index (χ4v) is 3.23. The van der Waals surface area contributed by atoms with Crippen LogP contribution in [0.5, 0.6) is 0 Å². The van der Waals surface area contributed by atoms with Gasteiger partial charge in [-0.2, -0.15) is 0 Å². The zero-order chi connectivity index (χ0) is 10.1. The van der Waals surface area contributed by atoms with Crippen molar-refractivity contribution in [2.45, 2.75) is 12.2 Å². The quantitative estimate of drug-likeness (QED) is 0.612. The molecule has 1 aliphatic rings. The van der Waals surface area contributed by atoms with Crippen molar-refractivity contribution in [2.75, 3.05) is 18.8 Å². The molecule has 0 saturated carbocycles. The fraction of sp³-hybridized carbons (Fsp3) is 0.857. The van der Waals surface area contributed by atoms with Crippen molar-refractivity contribution in [2.24, 2.45) is 5.92 Å². The van der Waals surface area contributed by atoms with Gasteiger partial charge in [-0.3, -0.25) is 4.79 Å². The van der Waals surface area contributed by atoms with E-state index in [2.05, 4.69) is 5.32 Å². The number of sulfone groups is 1. The highest BCUT2D eigenvalue weighted by atomic mass is 32.2. The topological polar surface area (TPSA) is 83.5 Å². The van der Waals surface area contributed by atoms with Gasteiger partial charge in [0.15, 0.2) is 9.84 Å². The molecule has 0 radical (unpaired) electrons. The summed E-state index contributed by atoms with van der Waals surface area (Å²) >= 11 is 0. The molecule has 0 aromatic rings. The first-order valence-electron chi connectivity index (χ1n) is 4.10. The molecule has 2 N–H and O–H groups in total. The summed E-state index contributed by atoms with van der Waals surface area (Å²) in [5.74, 6) is -1.86. The highest BCUT2D eigenvalue weighted by Gasteiger charge is 2.36. The molecule has 0 aromatic heterocycles. The standard InChI is InChI=1S/C7H13NO4S/c1-5(7(9)10)6-4-8-2-3-13(6,11)12/h5-6,8H,2-4H2,1H3,(H,9,10). The lowest BCUT2D eigenvalue weighted by Gasteiger charge is -2.25. The highest BCUT2D eigenvalue weighted by molar-refractivity contribution is 7.92. The highest BCUT2D eigenvalue weighted by Crippen LogP contribution is 2.15. The molecule has 1 heterocycles. The number of hydrogen-bond acceptors (Lipinski definition) is 4. The van der Waals surface area contributed by atoms with Crippen LogP contribution in [0.4, 0.5) is 0 Å². The van der Waals surface area contributed by atoms with Gasteiger partial charge in [-0.25, -0.2) is 8.42 Å². The monoisotopic (exact) mass is 207 g/mol. The molecule has 0 amide bonds. The molecule has 0 bridgehead atoms. The van der Waals surface area contributed by atoms with E-state index in [1.54, 1.807) is 0 Å². The fourth-order valence-electron chi connectivity index (χ4n) is 1.38. The summed E-state index contributed by atoms with van der Waals surface area (Å²) in [4.78, 5) is 10.6. The van der Waals surface area contributed by atoms with Gasteiger partial charge >= 0.3 is 5.97 Å². The predicted molar refractivity (Wildman–Crippen MR) is 47.2 cm³/mol. The van der Waals surface area contributed by atoms with E-state index in [-0.39, 0.29) is 12.3 Å². The van der Waals surface area contributed by atoms with E-state index in [9.17, 15) is 13.2 Å². The van der Waals surface area contributed by atoms with Crippen LogP contribution >= 0.6 is 0 Å². The van der Waals surface area contributed by atoms with Gasteiger partial charge in [-0.15, -0.1) is 0 Å². The second-order valence-corrected chi connectivity index (χ2v) is 5.58. The van der Waals surface area contributed by atoms with Crippen LogP contribution in [0, 0.1) is 5.92 Å². The molecular formula is C7H13NO4S. The second kappa shape index (κ2) is 3.63. The van der Waals surface area contributed by atoms with Gasteiger partial charge in [-0.1, -0.05) is 6.92 Å². The van der Waals surface area contributed by atoms with Crippen molar-refractivity contribution in [3.63, 3.8) is 0 Å². The zero-order valence-electron chi connectivity index (χ0n) is 7.36. The number of carbonyl (C=O) groups is 1. The van der Waals surface area contributed by atoms with E-state index >= 15 is 0 Å². The van der Waals surface area contributed by atoms with Gasteiger partial charge in [0.05, 0.1) is 16.9 Å². The lowest BCUT2D eigenvalue weighted by molar-refractivity contribution is -0.141. The Kier molecular flexibility index (Phi) is 2.92. The second-order valence-electron chi connectivity index (χ2n) is 3.24. The lowest BCUT2D eigenvalue weighted by atomic mass is 10.1. The van der Waals surface area contributed by atoms with Crippen LogP contribution in [0.1, 0.15) is 6.92 Å². The van der Waals surface area contributed by atoms with Crippen molar-refractivity contribution < 1.29 is 18.3 Å². The molecule has 76 valence electrons. The third-order valence-corrected chi connectivity index (χ3v) is 4.59. The van der Waals surface area contributed by atoms with Crippen molar-refractivity contribution in [1.29, 1.82) is 0 Å². The van der Waals surface area contributed by atoms with Crippen LogP contribution in [-0.4, -0.2) is 43.6 Å². The van der Waals surface area contributed by atoms with Crippen molar-refractivity contribution >= 4 is 15.8 Å². The Morgan fingerprint density at radius 2 is 2.23 bits per heavy atom. The molecule has 2 atom stereocenters. The van der Waals surface area contributed by atoms with Gasteiger partial charge in [0.25, 0.3) is 0 Å². The van der Waals surface area contributed by atoms with Crippen molar-refractivity contribution in [3.8, 4) is 0 Å². The minimum absolute atomic E-state index is 0.0370. The maximum Gasteiger partial charge on any atom is 0.307 e. The third-order valence-electron chi connectivity index (χ3n) is 2.32. The van der Waals surface area contributed by atoms with Gasteiger partial charge in [0.2, 0.25) is 0 Å². The molecule has 2 unspecified atom stereocenters. The number of carboxylic acids is 1. The largest absolute Gasteiger partial charge is 0.481 e. The summed E-state index contributed by atoms with van der Waals surface area (Å²) in [6.45, 7) is 2.10. The zero-order valence-corrected chi connectivity index (χ0v) is 8.17. The Labute approximate surface area is 77.1 Å². The third kappa shape index (κ3) is 2.19. The van der Waals surface area contributed by atoms with Crippen LogP contribution in [0.25, 0.3) is 0 Å². The minimum Gasteiger partial charge on any atom is -0.481 e. The first-order valence-corrected chi connectivity index (χ1v) is 5.82. The van der Waals surface area contributed by atoms with E-state index < -0.39 is 27.0 Å². The first-order chi connectivity index (χ1) is 5.95. The molecular weight excluding hydrogens is 194 g/mol. The summed E-state index contributed by atoms with van der Waals surface area (Å²) in [6.07, 6.45) is 0. The Balaban J connectivity index is 2.83. The number of aliphatic carboxylic acids is 1. The van der Waals surface area contributed by atoms with Crippen LogP contribution < -0.4 is 5.32 Å². The summed E-state index contributed by atoms with van der Waals surface area (Å²) in [5.41, 5.74) is 0. The molecule has 0 aromatic carbocycles. The smallest absolute Gasteiger partial charge is 0.307 e. The van der Waals surface area contributed by atoms with E-state index in [4.69, 9.17) is 5.11 Å². The van der Waals surface area contributed by atoms with Crippen molar-refractivity contribution in [1.82, 2.24) is 5.32 Å².